The van der Waals surface area contributed by atoms with Crippen LogP contribution in [0.3, 0.4) is 0 Å². The van der Waals surface area contributed by atoms with Crippen LogP contribution in [0.5, 0.6) is 0 Å². The third-order valence-electron chi connectivity index (χ3n) is 3.21. The molecule has 8 heteroatoms. The van der Waals surface area contributed by atoms with E-state index in [1.807, 2.05) is 0 Å². The highest BCUT2D eigenvalue weighted by Crippen LogP contribution is 2.21. The lowest BCUT2D eigenvalue weighted by atomic mass is 10.1. The Balaban J connectivity index is 1.99. The average Bonchev–Trinajstić information content (AvgIpc) is 2.38. The van der Waals surface area contributed by atoms with Gasteiger partial charge in [-0.15, -0.1) is 0 Å². The second kappa shape index (κ2) is 7.06. The summed E-state index contributed by atoms with van der Waals surface area (Å²) in [6.45, 7) is 3.24. The number of hydrogen-bond acceptors (Lipinski definition) is 4. The van der Waals surface area contributed by atoms with Gasteiger partial charge in [0.2, 0.25) is 0 Å². The smallest absolute Gasteiger partial charge is 0.273 e. The van der Waals surface area contributed by atoms with E-state index in [0.29, 0.717) is 5.56 Å². The van der Waals surface area contributed by atoms with Gasteiger partial charge >= 0.3 is 6.03 Å². The van der Waals surface area contributed by atoms with Crippen molar-refractivity contribution >= 4 is 35.1 Å². The second-order valence-electron chi connectivity index (χ2n) is 4.87. The maximum absolute atomic E-state index is 12.1. The van der Waals surface area contributed by atoms with Crippen LogP contribution in [-0.4, -0.2) is 35.0 Å². The van der Waals surface area contributed by atoms with Crippen LogP contribution < -0.4 is 10.7 Å². The fourth-order valence-electron chi connectivity index (χ4n) is 2.21. The first-order valence-corrected chi connectivity index (χ1v) is 7.42. The summed E-state index contributed by atoms with van der Waals surface area (Å²) < 4.78 is 0. The summed E-state index contributed by atoms with van der Waals surface area (Å²) in [4.78, 5) is 27.7. The van der Waals surface area contributed by atoms with Gasteiger partial charge in [-0.3, -0.25) is 15.5 Å². The van der Waals surface area contributed by atoms with Crippen molar-refractivity contribution in [3.63, 3.8) is 0 Å². The summed E-state index contributed by atoms with van der Waals surface area (Å²) in [6, 6.07) is 0.942. The first-order valence-electron chi connectivity index (χ1n) is 6.67. The summed E-state index contributed by atoms with van der Waals surface area (Å²) in [5.74, 6) is -0.601. The summed E-state index contributed by atoms with van der Waals surface area (Å²) in [6.07, 6.45) is 3.21. The van der Waals surface area contributed by atoms with E-state index >= 15 is 0 Å². The van der Waals surface area contributed by atoms with Crippen LogP contribution >= 0.6 is 23.2 Å². The Morgan fingerprint density at radius 2 is 1.90 bits per heavy atom. The largest absolute Gasteiger partial charge is 0.336 e. The molecule has 0 saturated carbocycles. The van der Waals surface area contributed by atoms with Crippen LogP contribution in [0.2, 0.25) is 10.3 Å². The van der Waals surface area contributed by atoms with Gasteiger partial charge in [-0.05, 0) is 31.4 Å². The molecule has 1 aliphatic heterocycles. The van der Waals surface area contributed by atoms with E-state index in [-0.39, 0.29) is 15.9 Å². The third-order valence-corrected chi connectivity index (χ3v) is 3.68. The minimum absolute atomic E-state index is 0.0247. The minimum atomic E-state index is -0.601. The van der Waals surface area contributed by atoms with Gasteiger partial charge in [-0.1, -0.05) is 29.6 Å². The zero-order valence-electron chi connectivity index (χ0n) is 11.6. The quantitative estimate of drug-likeness (QED) is 0.817. The van der Waals surface area contributed by atoms with E-state index < -0.39 is 11.9 Å². The van der Waals surface area contributed by atoms with Crippen LogP contribution in [0, 0.1) is 6.92 Å². The van der Waals surface area contributed by atoms with Crippen molar-refractivity contribution in [1.82, 2.24) is 20.7 Å². The molecule has 1 aromatic rings. The summed E-state index contributed by atoms with van der Waals surface area (Å²) in [5, 5.41) is 4.21. The SMILES string of the molecule is Cc1cc(Cl)nc(Cl)c1C(=O)NC(=O)NN1CCCCC1. The van der Waals surface area contributed by atoms with Gasteiger partial charge in [-0.2, -0.15) is 0 Å². The molecule has 0 atom stereocenters. The molecule has 1 saturated heterocycles. The lowest BCUT2D eigenvalue weighted by Gasteiger charge is -2.26. The average molecular weight is 331 g/mol. The third kappa shape index (κ3) is 4.30. The number of nitrogens with one attached hydrogen (secondary N) is 2. The summed E-state index contributed by atoms with van der Waals surface area (Å²) >= 11 is 11.7. The molecular weight excluding hydrogens is 315 g/mol. The highest BCUT2D eigenvalue weighted by molar-refractivity contribution is 6.35. The molecule has 0 aliphatic carbocycles. The second-order valence-corrected chi connectivity index (χ2v) is 5.62. The number of carbonyl (C=O) groups is 2. The Kier molecular flexibility index (Phi) is 5.39. The van der Waals surface area contributed by atoms with E-state index in [4.69, 9.17) is 23.2 Å². The molecule has 2 rings (SSSR count). The molecule has 1 aliphatic rings. The van der Waals surface area contributed by atoms with Crippen LogP contribution in [0.25, 0.3) is 0 Å². The highest BCUT2D eigenvalue weighted by atomic mass is 35.5. The number of hydrogen-bond donors (Lipinski definition) is 2. The minimum Gasteiger partial charge on any atom is -0.273 e. The lowest BCUT2D eigenvalue weighted by Crippen LogP contribution is -2.50. The number of imide groups is 1. The van der Waals surface area contributed by atoms with Gasteiger partial charge in [0.05, 0.1) is 5.56 Å². The van der Waals surface area contributed by atoms with Gasteiger partial charge in [0.25, 0.3) is 5.91 Å². The number of halogens is 2. The number of amides is 3. The molecule has 2 heterocycles. The van der Waals surface area contributed by atoms with Crippen molar-refractivity contribution in [2.24, 2.45) is 0 Å². The van der Waals surface area contributed by atoms with Gasteiger partial charge < -0.3 is 0 Å². The first kappa shape index (κ1) is 16.0. The van der Waals surface area contributed by atoms with E-state index in [2.05, 4.69) is 15.7 Å². The fourth-order valence-corrected chi connectivity index (χ4v) is 2.83. The van der Waals surface area contributed by atoms with Gasteiger partial charge in [0.1, 0.15) is 10.3 Å². The van der Waals surface area contributed by atoms with Gasteiger partial charge in [0.15, 0.2) is 0 Å². The topological polar surface area (TPSA) is 74.3 Å². The maximum atomic E-state index is 12.1. The van der Waals surface area contributed by atoms with Crippen molar-refractivity contribution in [2.75, 3.05) is 13.1 Å². The molecule has 21 heavy (non-hydrogen) atoms. The fraction of sp³-hybridized carbons (Fsp3) is 0.462. The highest BCUT2D eigenvalue weighted by Gasteiger charge is 2.19. The number of pyridine rings is 1. The normalized spacial score (nSPS) is 15.6. The van der Waals surface area contributed by atoms with Crippen molar-refractivity contribution < 1.29 is 9.59 Å². The number of nitrogens with zero attached hydrogens (tertiary/aromatic N) is 2. The molecule has 114 valence electrons. The van der Waals surface area contributed by atoms with Gasteiger partial charge in [0, 0.05) is 13.1 Å². The molecular formula is C13H16Cl2N4O2. The number of rotatable bonds is 2. The molecule has 0 unspecified atom stereocenters. The Morgan fingerprint density at radius 1 is 1.24 bits per heavy atom. The number of urea groups is 1. The Hall–Kier alpha value is -1.37. The number of aromatic nitrogens is 1. The molecule has 3 amide bonds. The number of carbonyl (C=O) groups excluding carboxylic acids is 2. The number of hydrazine groups is 1. The Morgan fingerprint density at radius 3 is 2.52 bits per heavy atom. The van der Waals surface area contributed by atoms with Crippen molar-refractivity contribution in [1.29, 1.82) is 0 Å². The zero-order chi connectivity index (χ0) is 15.4. The Bertz CT molecular complexity index is 536. The van der Waals surface area contributed by atoms with Crippen LogP contribution in [0.15, 0.2) is 6.07 Å². The number of piperidine rings is 1. The van der Waals surface area contributed by atoms with Crippen LogP contribution in [-0.2, 0) is 0 Å². The molecule has 0 spiro atoms. The van der Waals surface area contributed by atoms with E-state index in [1.54, 1.807) is 11.9 Å². The van der Waals surface area contributed by atoms with Gasteiger partial charge in [-0.25, -0.2) is 14.8 Å². The van der Waals surface area contributed by atoms with E-state index in [0.717, 1.165) is 32.4 Å². The molecule has 6 nitrogen and oxygen atoms in total. The molecule has 0 radical (unpaired) electrons. The standard InChI is InChI=1S/C13H16Cl2N4O2/c1-8-7-9(14)16-11(15)10(8)12(20)17-13(21)18-19-5-3-2-4-6-19/h7H,2-6H2,1H3,(H2,17,18,20,21). The summed E-state index contributed by atoms with van der Waals surface area (Å²) in [5.41, 5.74) is 3.35. The molecule has 0 bridgehead atoms. The Labute approximate surface area is 132 Å². The van der Waals surface area contributed by atoms with E-state index in [9.17, 15) is 9.59 Å². The molecule has 1 fully saturated rings. The number of aryl methyl sites for hydroxylation is 1. The van der Waals surface area contributed by atoms with E-state index in [1.165, 1.54) is 6.07 Å². The lowest BCUT2D eigenvalue weighted by molar-refractivity contribution is 0.0948. The molecule has 0 aromatic carbocycles. The predicted molar refractivity (Wildman–Crippen MR) is 80.4 cm³/mol. The molecule has 1 aromatic heterocycles. The van der Waals surface area contributed by atoms with Crippen LogP contribution in [0.1, 0.15) is 35.2 Å². The van der Waals surface area contributed by atoms with Crippen molar-refractivity contribution in [3.8, 4) is 0 Å². The molecule has 2 N–H and O–H groups in total. The van der Waals surface area contributed by atoms with Crippen molar-refractivity contribution in [3.05, 3.63) is 27.5 Å². The van der Waals surface area contributed by atoms with Crippen LogP contribution in [0.4, 0.5) is 4.79 Å². The summed E-state index contributed by atoms with van der Waals surface area (Å²) in [7, 11) is 0. The van der Waals surface area contributed by atoms with Crippen molar-refractivity contribution in [2.45, 2.75) is 26.2 Å². The monoisotopic (exact) mass is 330 g/mol. The maximum Gasteiger partial charge on any atom is 0.336 e. The zero-order valence-corrected chi connectivity index (χ0v) is 13.1. The first-order chi connectivity index (χ1) is 9.97. The predicted octanol–water partition coefficient (Wildman–Crippen LogP) is 2.54.